The summed E-state index contributed by atoms with van der Waals surface area (Å²) in [5.41, 5.74) is -1.24. The highest BCUT2D eigenvalue weighted by Crippen LogP contribution is 2.10. The van der Waals surface area contributed by atoms with Crippen molar-refractivity contribution in [1.29, 1.82) is 0 Å². The van der Waals surface area contributed by atoms with Crippen LogP contribution in [0.3, 0.4) is 0 Å². The molecule has 8 heteroatoms. The van der Waals surface area contributed by atoms with Gasteiger partial charge < -0.3 is 14.9 Å². The second kappa shape index (κ2) is 6.43. The van der Waals surface area contributed by atoms with Crippen molar-refractivity contribution in [3.05, 3.63) is 33.1 Å². The second-order valence-corrected chi connectivity index (χ2v) is 3.70. The predicted octanol–water partition coefficient (Wildman–Crippen LogP) is -1.24. The van der Waals surface area contributed by atoms with Crippen molar-refractivity contribution in [1.82, 2.24) is 9.55 Å². The number of aromatic nitrogens is 2. The lowest BCUT2D eigenvalue weighted by Gasteiger charge is -2.24. The average molecular weight is 262 g/mol. The quantitative estimate of drug-likeness (QED) is 0.595. The summed E-state index contributed by atoms with van der Waals surface area (Å²) in [6.45, 7) is -0.195. The van der Waals surface area contributed by atoms with E-state index in [4.69, 9.17) is 9.84 Å². The number of aliphatic hydroxyl groups excluding tert-OH is 2. The Bertz CT molecular complexity index is 486. The summed E-state index contributed by atoms with van der Waals surface area (Å²) in [5, 5.41) is 18.2. The smallest absolute Gasteiger partial charge is 0.330 e. The minimum Gasteiger partial charge on any atom is -0.394 e. The Morgan fingerprint density at radius 2 is 2.22 bits per heavy atom. The van der Waals surface area contributed by atoms with Crippen LogP contribution in [-0.4, -0.2) is 45.3 Å². The third-order valence-electron chi connectivity index (χ3n) is 2.38. The monoisotopic (exact) mass is 262 g/mol. The van der Waals surface area contributed by atoms with Gasteiger partial charge in [-0.2, -0.15) is 0 Å². The topological polar surface area (TPSA) is 105 Å². The number of hydrogen-bond acceptors (Lipinski definition) is 5. The number of hydrogen-bond donors (Lipinski definition) is 3. The summed E-state index contributed by atoms with van der Waals surface area (Å²) < 4.78 is 18.5. The molecule has 1 heterocycles. The lowest BCUT2D eigenvalue weighted by molar-refractivity contribution is -0.121. The third-order valence-corrected chi connectivity index (χ3v) is 2.38. The number of nitrogens with zero attached hydrogens (tertiary/aromatic N) is 1. The number of aromatic amines is 1. The predicted molar refractivity (Wildman–Crippen MR) is 60.0 cm³/mol. The van der Waals surface area contributed by atoms with Gasteiger partial charge in [-0.15, -0.1) is 0 Å². The number of nitrogens with one attached hydrogen (secondary N) is 1. The highest BCUT2D eigenvalue weighted by atomic mass is 19.1. The first-order valence-corrected chi connectivity index (χ1v) is 5.31. The van der Waals surface area contributed by atoms with E-state index in [1.807, 2.05) is 4.98 Å². The van der Waals surface area contributed by atoms with E-state index in [1.165, 1.54) is 13.1 Å². The largest absolute Gasteiger partial charge is 0.394 e. The van der Waals surface area contributed by atoms with Crippen LogP contribution in [0.25, 0.3) is 0 Å². The van der Waals surface area contributed by atoms with Crippen molar-refractivity contribution in [2.75, 3.05) is 13.3 Å². The maximum atomic E-state index is 12.3. The van der Waals surface area contributed by atoms with Gasteiger partial charge in [-0.3, -0.25) is 14.3 Å². The summed E-state index contributed by atoms with van der Waals surface area (Å²) in [7, 11) is 0. The van der Waals surface area contributed by atoms with Gasteiger partial charge in [0, 0.05) is 12.3 Å². The molecule has 0 bridgehead atoms. The second-order valence-electron chi connectivity index (χ2n) is 3.70. The van der Waals surface area contributed by atoms with Gasteiger partial charge in [-0.25, -0.2) is 9.18 Å². The molecule has 0 saturated heterocycles. The van der Waals surface area contributed by atoms with Crippen molar-refractivity contribution < 1.29 is 19.3 Å². The summed E-state index contributed by atoms with van der Waals surface area (Å²) in [6, 6.07) is 1.13. The molecule has 0 saturated carbocycles. The number of aliphatic hydroxyl groups is 2. The molecule has 18 heavy (non-hydrogen) atoms. The van der Waals surface area contributed by atoms with Gasteiger partial charge in [0.25, 0.3) is 5.56 Å². The first-order chi connectivity index (χ1) is 8.49. The summed E-state index contributed by atoms with van der Waals surface area (Å²) in [5.74, 6) is 0. The fraction of sp³-hybridized carbons (Fsp3) is 0.600. The molecule has 0 unspecified atom stereocenters. The molecular weight excluding hydrogens is 247 g/mol. The Hall–Kier alpha value is -1.51. The molecule has 0 radical (unpaired) electrons. The number of ether oxygens (including phenoxy) is 1. The number of halogens is 1. The molecule has 1 aromatic rings. The molecule has 1 rings (SSSR count). The van der Waals surface area contributed by atoms with Gasteiger partial charge in [0.2, 0.25) is 0 Å². The van der Waals surface area contributed by atoms with Crippen LogP contribution >= 0.6 is 0 Å². The maximum Gasteiger partial charge on any atom is 0.330 e. The van der Waals surface area contributed by atoms with Crippen LogP contribution in [0.5, 0.6) is 0 Å². The lowest BCUT2D eigenvalue weighted by Crippen LogP contribution is -2.38. The maximum absolute atomic E-state index is 12.3. The molecule has 0 aliphatic rings. The molecule has 0 spiro atoms. The van der Waals surface area contributed by atoms with E-state index in [0.717, 1.165) is 10.6 Å². The van der Waals surface area contributed by atoms with Gasteiger partial charge in [0.05, 0.1) is 6.61 Å². The molecule has 0 aromatic carbocycles. The van der Waals surface area contributed by atoms with Crippen LogP contribution in [0.1, 0.15) is 13.2 Å². The first kappa shape index (κ1) is 14.6. The van der Waals surface area contributed by atoms with E-state index < -0.39 is 43.0 Å². The van der Waals surface area contributed by atoms with Gasteiger partial charge in [-0.05, 0) is 6.92 Å². The van der Waals surface area contributed by atoms with E-state index in [9.17, 15) is 19.1 Å². The first-order valence-electron chi connectivity index (χ1n) is 5.31. The van der Waals surface area contributed by atoms with E-state index >= 15 is 0 Å². The molecule has 0 fully saturated rings. The molecular formula is C10H15FN2O5. The molecule has 0 amide bonds. The molecule has 1 aromatic heterocycles. The average Bonchev–Trinajstić information content (AvgIpc) is 2.34. The normalized spacial score (nSPS) is 16.2. The van der Waals surface area contributed by atoms with Crippen molar-refractivity contribution >= 4 is 0 Å². The molecule has 7 nitrogen and oxygen atoms in total. The van der Waals surface area contributed by atoms with Crippen molar-refractivity contribution in [3.63, 3.8) is 0 Å². The zero-order valence-electron chi connectivity index (χ0n) is 9.75. The van der Waals surface area contributed by atoms with E-state index in [0.29, 0.717) is 0 Å². The Labute approximate surface area is 101 Å². The number of rotatable bonds is 6. The highest BCUT2D eigenvalue weighted by Gasteiger charge is 2.22. The summed E-state index contributed by atoms with van der Waals surface area (Å²) >= 11 is 0. The van der Waals surface area contributed by atoms with E-state index in [2.05, 4.69) is 0 Å². The highest BCUT2D eigenvalue weighted by molar-refractivity contribution is 4.83. The molecule has 3 atom stereocenters. The lowest BCUT2D eigenvalue weighted by atomic mass is 10.2. The zero-order valence-corrected chi connectivity index (χ0v) is 9.75. The standard InChI is InChI=1S/C10H15FN2O5/c1-6(18-8(5-14)7(15)4-11)13-3-2-9(16)12-10(13)17/h2-3,6-8,14-15H,4-5H2,1H3,(H,12,16,17)/t6-,7+,8-/m1/s1. The zero-order chi connectivity index (χ0) is 13.7. The van der Waals surface area contributed by atoms with Crippen LogP contribution < -0.4 is 11.2 Å². The SMILES string of the molecule is C[C@@H](O[C@H](CO)[C@@H](O)CF)n1ccc(=O)[nH]c1=O. The van der Waals surface area contributed by atoms with E-state index in [-0.39, 0.29) is 0 Å². The van der Waals surface area contributed by atoms with Crippen LogP contribution in [0.2, 0.25) is 0 Å². The Kier molecular flexibility index (Phi) is 5.20. The molecule has 3 N–H and O–H groups in total. The molecule has 0 aliphatic carbocycles. The van der Waals surface area contributed by atoms with Gasteiger partial charge in [-0.1, -0.05) is 0 Å². The van der Waals surface area contributed by atoms with Gasteiger partial charge in [0.1, 0.15) is 25.1 Å². The number of alkyl halides is 1. The fourth-order valence-corrected chi connectivity index (χ4v) is 1.39. The van der Waals surface area contributed by atoms with Gasteiger partial charge >= 0.3 is 5.69 Å². The van der Waals surface area contributed by atoms with E-state index in [1.54, 1.807) is 0 Å². The minimum atomic E-state index is -1.48. The third kappa shape index (κ3) is 3.49. The number of H-pyrrole nitrogens is 1. The fourth-order valence-electron chi connectivity index (χ4n) is 1.39. The Morgan fingerprint density at radius 3 is 2.72 bits per heavy atom. The molecule has 102 valence electrons. The summed E-state index contributed by atoms with van der Waals surface area (Å²) in [4.78, 5) is 24.3. The summed E-state index contributed by atoms with van der Waals surface area (Å²) in [6.07, 6.45) is -2.28. The Morgan fingerprint density at radius 1 is 1.56 bits per heavy atom. The van der Waals surface area contributed by atoms with Gasteiger partial charge in [0.15, 0.2) is 0 Å². The Balaban J connectivity index is 2.84. The van der Waals surface area contributed by atoms with Crippen LogP contribution in [0.15, 0.2) is 21.9 Å². The van der Waals surface area contributed by atoms with Crippen molar-refractivity contribution in [2.24, 2.45) is 0 Å². The van der Waals surface area contributed by atoms with Crippen molar-refractivity contribution in [3.8, 4) is 0 Å². The molecule has 0 aliphatic heterocycles. The van der Waals surface area contributed by atoms with Crippen LogP contribution in [-0.2, 0) is 4.74 Å². The van der Waals surface area contributed by atoms with Crippen LogP contribution in [0, 0.1) is 0 Å². The minimum absolute atomic E-state index is 0.550. The van der Waals surface area contributed by atoms with Crippen LogP contribution in [0.4, 0.5) is 4.39 Å². The van der Waals surface area contributed by atoms with Crippen molar-refractivity contribution in [2.45, 2.75) is 25.4 Å².